The molecule has 1 saturated heterocycles. The Hall–Kier alpha value is -3.79. The third-order valence-corrected chi connectivity index (χ3v) is 6.78. The summed E-state index contributed by atoms with van der Waals surface area (Å²) in [4.78, 5) is 31.8. The van der Waals surface area contributed by atoms with Crippen molar-refractivity contribution < 1.29 is 22.7 Å². The van der Waals surface area contributed by atoms with Gasteiger partial charge in [0.1, 0.15) is 17.0 Å². The van der Waals surface area contributed by atoms with Crippen LogP contribution in [0.2, 0.25) is 0 Å². The van der Waals surface area contributed by atoms with E-state index in [1.54, 1.807) is 4.90 Å². The number of piperazine rings is 1. The van der Waals surface area contributed by atoms with Gasteiger partial charge in [0.05, 0.1) is 18.8 Å². The number of aromatic nitrogens is 1. The zero-order valence-corrected chi connectivity index (χ0v) is 21.8. The first kappa shape index (κ1) is 27.3. The number of amides is 1. The van der Waals surface area contributed by atoms with Crippen molar-refractivity contribution in [2.45, 2.75) is 26.1 Å². The molecule has 1 aliphatic rings. The van der Waals surface area contributed by atoms with Crippen LogP contribution < -0.4 is 20.5 Å². The Morgan fingerprint density at radius 2 is 1.63 bits per heavy atom. The number of carbonyl (C=O) groups is 1. The van der Waals surface area contributed by atoms with E-state index in [9.17, 15) is 22.8 Å². The van der Waals surface area contributed by atoms with Gasteiger partial charge in [-0.15, -0.1) is 0 Å². The molecule has 0 aliphatic carbocycles. The van der Waals surface area contributed by atoms with Crippen molar-refractivity contribution >= 4 is 11.6 Å². The number of hydrogen-bond donors (Lipinski definition) is 2. The van der Waals surface area contributed by atoms with Crippen molar-refractivity contribution in [1.29, 1.82) is 0 Å². The zero-order valence-electron chi connectivity index (χ0n) is 21.8. The van der Waals surface area contributed by atoms with Crippen LogP contribution >= 0.6 is 0 Å². The first-order valence-electron chi connectivity index (χ1n) is 12.3. The van der Waals surface area contributed by atoms with Gasteiger partial charge in [0.25, 0.3) is 11.5 Å². The van der Waals surface area contributed by atoms with Gasteiger partial charge in [-0.3, -0.25) is 9.59 Å². The predicted octanol–water partition coefficient (Wildman–Crippen LogP) is 4.29. The second kappa shape index (κ2) is 10.9. The number of carbonyl (C=O) groups excluding carboxylic acids is 1. The fraction of sp³-hybridized carbons (Fsp3) is 0.357. The molecule has 1 aliphatic heterocycles. The highest BCUT2D eigenvalue weighted by atomic mass is 19.4. The molecule has 0 bridgehead atoms. The normalized spacial score (nSPS) is 15.3. The number of halogens is 3. The summed E-state index contributed by atoms with van der Waals surface area (Å²) in [6, 6.07) is 13.4. The van der Waals surface area contributed by atoms with Crippen LogP contribution in [0.5, 0.6) is 5.75 Å². The Morgan fingerprint density at radius 1 is 1.00 bits per heavy atom. The first-order chi connectivity index (χ1) is 18.0. The first-order valence-corrected chi connectivity index (χ1v) is 12.3. The molecule has 2 N–H and O–H groups in total. The number of likely N-dealkylation sites (N-methyl/N-ethyl adjacent to an activating group) is 1. The topological polar surface area (TPSA) is 77.7 Å². The molecule has 2 aromatic carbocycles. The Labute approximate surface area is 219 Å². The number of aromatic amines is 1. The predicted molar refractivity (Wildman–Crippen MR) is 140 cm³/mol. The van der Waals surface area contributed by atoms with Crippen molar-refractivity contribution in [2.75, 3.05) is 45.2 Å². The smallest absolute Gasteiger partial charge is 0.433 e. The average Bonchev–Trinajstić information content (AvgIpc) is 2.87. The van der Waals surface area contributed by atoms with E-state index in [0.717, 1.165) is 22.8 Å². The summed E-state index contributed by atoms with van der Waals surface area (Å²) in [6.07, 6.45) is -4.79. The molecule has 10 heteroatoms. The van der Waals surface area contributed by atoms with E-state index in [-0.39, 0.29) is 5.69 Å². The van der Waals surface area contributed by atoms with Crippen molar-refractivity contribution in [3.8, 4) is 5.75 Å². The molecule has 1 amide bonds. The lowest BCUT2D eigenvalue weighted by Gasteiger charge is -2.35. The number of alkyl halides is 3. The third-order valence-electron chi connectivity index (χ3n) is 6.78. The van der Waals surface area contributed by atoms with Gasteiger partial charge in [-0.05, 0) is 44.2 Å². The number of nitrogens with one attached hydrogen (secondary N) is 2. The third kappa shape index (κ3) is 5.85. The second-order valence-corrected chi connectivity index (χ2v) is 9.62. The molecule has 0 spiro atoms. The number of nitrogens with zero attached hydrogens (tertiary/aromatic N) is 2. The maximum absolute atomic E-state index is 13.9. The summed E-state index contributed by atoms with van der Waals surface area (Å²) in [6.45, 7) is 5.62. The van der Waals surface area contributed by atoms with E-state index in [4.69, 9.17) is 4.74 Å². The molecule has 0 saturated carbocycles. The number of methoxy groups -OCH3 is 1. The molecule has 7 nitrogen and oxygen atoms in total. The summed E-state index contributed by atoms with van der Waals surface area (Å²) >= 11 is 0. The van der Waals surface area contributed by atoms with Gasteiger partial charge in [0.2, 0.25) is 0 Å². The fourth-order valence-corrected chi connectivity index (χ4v) is 4.57. The lowest BCUT2D eigenvalue weighted by atomic mass is 9.95. The van der Waals surface area contributed by atoms with Gasteiger partial charge >= 0.3 is 6.18 Å². The number of aryl methyl sites for hydroxylation is 2. The molecule has 1 atom stereocenters. The van der Waals surface area contributed by atoms with Gasteiger partial charge in [-0.1, -0.05) is 42.0 Å². The summed E-state index contributed by atoms with van der Waals surface area (Å²) < 4.78 is 47.2. The van der Waals surface area contributed by atoms with Gasteiger partial charge in [0, 0.05) is 31.7 Å². The second-order valence-electron chi connectivity index (χ2n) is 9.62. The lowest BCUT2D eigenvalue weighted by Crippen LogP contribution is -2.46. The van der Waals surface area contributed by atoms with Crippen LogP contribution in [0.3, 0.4) is 0 Å². The molecule has 3 aromatic rings. The molecule has 38 heavy (non-hydrogen) atoms. The number of benzene rings is 2. The maximum atomic E-state index is 13.9. The van der Waals surface area contributed by atoms with E-state index < -0.39 is 34.9 Å². The zero-order chi connectivity index (χ0) is 27.6. The van der Waals surface area contributed by atoms with Crippen LogP contribution in [-0.4, -0.2) is 56.1 Å². The minimum absolute atomic E-state index is 0.213. The van der Waals surface area contributed by atoms with E-state index in [2.05, 4.69) is 5.32 Å². The monoisotopic (exact) mass is 528 g/mol. The molecule has 1 unspecified atom stereocenters. The molecule has 4 rings (SSSR count). The Bertz CT molecular complexity index is 1360. The van der Waals surface area contributed by atoms with Gasteiger partial charge in [0.15, 0.2) is 0 Å². The largest absolute Gasteiger partial charge is 0.496 e. The van der Waals surface area contributed by atoms with Crippen LogP contribution in [0.4, 0.5) is 18.9 Å². The fourth-order valence-electron chi connectivity index (χ4n) is 4.57. The highest BCUT2D eigenvalue weighted by molar-refractivity contribution is 5.95. The van der Waals surface area contributed by atoms with E-state index in [1.807, 2.05) is 73.2 Å². The molecular weight excluding hydrogens is 497 g/mol. The number of H-pyrrole nitrogens is 1. The number of hydrogen-bond acceptors (Lipinski definition) is 5. The Morgan fingerprint density at radius 3 is 2.24 bits per heavy atom. The van der Waals surface area contributed by atoms with Crippen LogP contribution in [-0.2, 0) is 6.18 Å². The molecule has 1 fully saturated rings. The van der Waals surface area contributed by atoms with Crippen LogP contribution in [0.1, 0.15) is 44.3 Å². The minimum Gasteiger partial charge on any atom is -0.496 e. The van der Waals surface area contributed by atoms with E-state index in [0.29, 0.717) is 37.5 Å². The SMILES string of the molecule is COc1cc(C)ccc1C(NC(=O)c1cc(N2CCN(C)CC2)c(C(F)(F)F)[nH]c1=O)c1ccc(C)cc1. The van der Waals surface area contributed by atoms with Crippen molar-refractivity contribution in [3.63, 3.8) is 0 Å². The molecule has 1 aromatic heterocycles. The molecule has 0 radical (unpaired) electrons. The Kier molecular flexibility index (Phi) is 7.82. The van der Waals surface area contributed by atoms with Crippen LogP contribution in [0.25, 0.3) is 0 Å². The van der Waals surface area contributed by atoms with Crippen LogP contribution in [0, 0.1) is 13.8 Å². The van der Waals surface area contributed by atoms with Crippen molar-refractivity contribution in [3.05, 3.63) is 92.4 Å². The maximum Gasteiger partial charge on any atom is 0.433 e. The van der Waals surface area contributed by atoms with Crippen LogP contribution in [0.15, 0.2) is 53.3 Å². The average molecular weight is 529 g/mol. The molecule has 2 heterocycles. The summed E-state index contributed by atoms with van der Waals surface area (Å²) in [5.41, 5.74) is 0.489. The lowest BCUT2D eigenvalue weighted by molar-refractivity contribution is -0.140. The quantitative estimate of drug-likeness (QED) is 0.499. The van der Waals surface area contributed by atoms with Gasteiger partial charge in [-0.2, -0.15) is 13.2 Å². The summed E-state index contributed by atoms with van der Waals surface area (Å²) in [5.74, 6) is -0.251. The number of anilines is 1. The number of rotatable bonds is 6. The molecule has 202 valence electrons. The van der Waals surface area contributed by atoms with Crippen molar-refractivity contribution in [1.82, 2.24) is 15.2 Å². The van der Waals surface area contributed by atoms with E-state index in [1.165, 1.54) is 7.11 Å². The van der Waals surface area contributed by atoms with Gasteiger partial charge in [-0.25, -0.2) is 0 Å². The van der Waals surface area contributed by atoms with Gasteiger partial charge < -0.3 is 24.8 Å². The summed E-state index contributed by atoms with van der Waals surface area (Å²) in [5, 5.41) is 2.87. The van der Waals surface area contributed by atoms with E-state index >= 15 is 0 Å². The number of ether oxygens (including phenoxy) is 1. The highest BCUT2D eigenvalue weighted by Crippen LogP contribution is 2.36. The standard InChI is InChI=1S/C28H31F3N4O3/c1-17-5-8-19(9-6-17)24(20-10-7-18(2)15-23(20)38-4)32-26(36)21-16-22(35-13-11-34(3)12-14-35)25(28(29,30)31)33-27(21)37/h5-10,15-16,24H,11-14H2,1-4H3,(H,32,36)(H,33,37). The number of pyridine rings is 1. The Balaban J connectivity index is 1.77. The highest BCUT2D eigenvalue weighted by Gasteiger charge is 2.38. The molecular formula is C28H31F3N4O3. The summed E-state index contributed by atoms with van der Waals surface area (Å²) in [7, 11) is 3.41. The minimum atomic E-state index is -4.79. The van der Waals surface area contributed by atoms with Crippen molar-refractivity contribution in [2.24, 2.45) is 0 Å².